The van der Waals surface area contributed by atoms with Crippen molar-refractivity contribution in [3.05, 3.63) is 70.2 Å². The molecule has 4 heteroatoms. The summed E-state index contributed by atoms with van der Waals surface area (Å²) in [6.07, 6.45) is 0. The number of carbonyl (C=O) groups is 1. The zero-order chi connectivity index (χ0) is 14.5. The molecule has 2 N–H and O–H groups in total. The third kappa shape index (κ3) is 3.38. The van der Waals surface area contributed by atoms with E-state index in [4.69, 9.17) is 11.6 Å². The van der Waals surface area contributed by atoms with Crippen LogP contribution in [0, 0.1) is 6.92 Å². The highest BCUT2D eigenvalue weighted by atomic mass is 35.5. The second-order valence-corrected chi connectivity index (χ2v) is 5.01. The lowest BCUT2D eigenvalue weighted by molar-refractivity contribution is 0.0915. The van der Waals surface area contributed by atoms with Gasteiger partial charge >= 0.3 is 0 Å². The van der Waals surface area contributed by atoms with Gasteiger partial charge in [0.1, 0.15) is 0 Å². The minimum absolute atomic E-state index is 0.150. The smallest absolute Gasteiger partial charge is 0.252 e. The number of carbonyl (C=O) groups excluding carboxylic acids is 1. The van der Waals surface area contributed by atoms with E-state index in [1.54, 1.807) is 18.2 Å². The Labute approximate surface area is 123 Å². The molecule has 0 radical (unpaired) electrons. The lowest BCUT2D eigenvalue weighted by atomic mass is 10.1. The van der Waals surface area contributed by atoms with Crippen LogP contribution >= 0.6 is 11.6 Å². The van der Waals surface area contributed by atoms with Gasteiger partial charge in [-0.1, -0.05) is 41.9 Å². The molecule has 0 bridgehead atoms. The molecule has 0 saturated heterocycles. The van der Waals surface area contributed by atoms with Crippen molar-refractivity contribution in [2.45, 2.75) is 13.0 Å². The first-order chi connectivity index (χ1) is 9.61. The van der Waals surface area contributed by atoms with Crippen molar-refractivity contribution in [3.8, 4) is 0 Å². The Balaban J connectivity index is 2.17. The van der Waals surface area contributed by atoms with Crippen LogP contribution in [0.3, 0.4) is 0 Å². The molecule has 3 nitrogen and oxygen atoms in total. The number of aliphatic hydroxyl groups excluding tert-OH is 1. The first-order valence-corrected chi connectivity index (χ1v) is 6.72. The average molecular weight is 290 g/mol. The Morgan fingerprint density at radius 1 is 1.25 bits per heavy atom. The van der Waals surface area contributed by atoms with Gasteiger partial charge in [0.25, 0.3) is 5.91 Å². The van der Waals surface area contributed by atoms with Crippen LogP contribution in [-0.4, -0.2) is 17.6 Å². The molecular formula is C16H16ClNO2. The van der Waals surface area contributed by atoms with Crippen molar-refractivity contribution in [2.24, 2.45) is 0 Å². The van der Waals surface area contributed by atoms with Gasteiger partial charge in [-0.05, 0) is 36.2 Å². The molecule has 20 heavy (non-hydrogen) atoms. The van der Waals surface area contributed by atoms with E-state index in [9.17, 15) is 9.90 Å². The van der Waals surface area contributed by atoms with E-state index in [-0.39, 0.29) is 12.5 Å². The van der Waals surface area contributed by atoms with E-state index in [0.29, 0.717) is 10.6 Å². The monoisotopic (exact) mass is 289 g/mol. The topological polar surface area (TPSA) is 49.3 Å². The number of hydrogen-bond donors (Lipinski definition) is 2. The highest BCUT2D eigenvalue weighted by Crippen LogP contribution is 2.17. The molecule has 1 atom stereocenters. The minimum atomic E-state index is -0.418. The predicted octanol–water partition coefficient (Wildman–Crippen LogP) is 3.11. The van der Waals surface area contributed by atoms with Crippen LogP contribution in [0.15, 0.2) is 48.5 Å². The van der Waals surface area contributed by atoms with Gasteiger partial charge < -0.3 is 10.4 Å². The van der Waals surface area contributed by atoms with Crippen molar-refractivity contribution in [1.29, 1.82) is 0 Å². The molecule has 0 unspecified atom stereocenters. The van der Waals surface area contributed by atoms with E-state index in [2.05, 4.69) is 5.32 Å². The number of amides is 1. The number of halogens is 1. The normalized spacial score (nSPS) is 11.9. The van der Waals surface area contributed by atoms with E-state index in [1.807, 2.05) is 37.3 Å². The molecule has 0 heterocycles. The van der Waals surface area contributed by atoms with Crippen LogP contribution in [0.2, 0.25) is 5.02 Å². The number of aryl methyl sites for hydroxylation is 1. The minimum Gasteiger partial charge on any atom is -0.394 e. The third-order valence-electron chi connectivity index (χ3n) is 3.12. The van der Waals surface area contributed by atoms with Gasteiger partial charge in [0.05, 0.1) is 12.6 Å². The lowest BCUT2D eigenvalue weighted by Crippen LogP contribution is -2.31. The molecule has 0 aliphatic heterocycles. The quantitative estimate of drug-likeness (QED) is 0.908. The molecule has 0 fully saturated rings. The standard InChI is InChI=1S/C16H16ClNO2/c1-11-9-13(17)7-8-14(11)16(20)18-15(10-19)12-5-3-2-4-6-12/h2-9,15,19H,10H2,1H3,(H,18,20)/t15-/m0/s1. The molecule has 2 aromatic rings. The Bertz CT molecular complexity index is 599. The van der Waals surface area contributed by atoms with E-state index in [0.717, 1.165) is 11.1 Å². The van der Waals surface area contributed by atoms with Crippen LogP contribution in [0.1, 0.15) is 27.5 Å². The predicted molar refractivity (Wildman–Crippen MR) is 79.9 cm³/mol. The Morgan fingerprint density at radius 3 is 2.55 bits per heavy atom. The number of aliphatic hydroxyl groups is 1. The van der Waals surface area contributed by atoms with Crippen molar-refractivity contribution in [2.75, 3.05) is 6.61 Å². The first-order valence-electron chi connectivity index (χ1n) is 6.34. The second kappa shape index (κ2) is 6.55. The van der Waals surface area contributed by atoms with Gasteiger partial charge in [-0.25, -0.2) is 0 Å². The highest BCUT2D eigenvalue weighted by molar-refractivity contribution is 6.30. The van der Waals surface area contributed by atoms with Gasteiger partial charge in [-0.15, -0.1) is 0 Å². The number of hydrogen-bond acceptors (Lipinski definition) is 2. The van der Waals surface area contributed by atoms with Crippen LogP contribution in [0.4, 0.5) is 0 Å². The summed E-state index contributed by atoms with van der Waals surface area (Å²) in [5, 5.41) is 12.9. The van der Waals surface area contributed by atoms with Crippen LogP contribution in [-0.2, 0) is 0 Å². The van der Waals surface area contributed by atoms with Gasteiger partial charge in [0.2, 0.25) is 0 Å². The van der Waals surface area contributed by atoms with E-state index in [1.165, 1.54) is 0 Å². The lowest BCUT2D eigenvalue weighted by Gasteiger charge is -2.17. The Morgan fingerprint density at radius 2 is 1.95 bits per heavy atom. The van der Waals surface area contributed by atoms with Crippen molar-refractivity contribution in [1.82, 2.24) is 5.32 Å². The molecule has 2 rings (SSSR count). The first kappa shape index (κ1) is 14.6. The average Bonchev–Trinajstić information content (AvgIpc) is 2.45. The summed E-state index contributed by atoms with van der Waals surface area (Å²) >= 11 is 5.88. The molecule has 104 valence electrons. The van der Waals surface area contributed by atoms with Gasteiger partial charge in [0.15, 0.2) is 0 Å². The van der Waals surface area contributed by atoms with Crippen LogP contribution < -0.4 is 5.32 Å². The Kier molecular flexibility index (Phi) is 4.77. The molecule has 1 amide bonds. The summed E-state index contributed by atoms with van der Waals surface area (Å²) in [7, 11) is 0. The fraction of sp³-hybridized carbons (Fsp3) is 0.188. The number of rotatable bonds is 4. The zero-order valence-corrected chi connectivity index (χ0v) is 11.9. The third-order valence-corrected chi connectivity index (χ3v) is 3.36. The largest absolute Gasteiger partial charge is 0.394 e. The summed E-state index contributed by atoms with van der Waals surface area (Å²) in [5.74, 6) is -0.220. The maximum Gasteiger partial charge on any atom is 0.252 e. The molecule has 0 aliphatic carbocycles. The molecule has 0 saturated carbocycles. The van der Waals surface area contributed by atoms with Crippen molar-refractivity contribution in [3.63, 3.8) is 0 Å². The fourth-order valence-corrected chi connectivity index (χ4v) is 2.26. The fourth-order valence-electron chi connectivity index (χ4n) is 2.04. The van der Waals surface area contributed by atoms with E-state index < -0.39 is 6.04 Å². The van der Waals surface area contributed by atoms with Crippen molar-refractivity contribution >= 4 is 17.5 Å². The zero-order valence-electron chi connectivity index (χ0n) is 11.1. The number of nitrogens with one attached hydrogen (secondary N) is 1. The van der Waals surface area contributed by atoms with Gasteiger partial charge in [-0.2, -0.15) is 0 Å². The maximum atomic E-state index is 12.3. The Hall–Kier alpha value is -1.84. The number of benzene rings is 2. The van der Waals surface area contributed by atoms with Gasteiger partial charge in [0, 0.05) is 10.6 Å². The summed E-state index contributed by atoms with van der Waals surface area (Å²) in [6, 6.07) is 14.1. The highest BCUT2D eigenvalue weighted by Gasteiger charge is 2.16. The molecule has 0 aromatic heterocycles. The van der Waals surface area contributed by atoms with Crippen LogP contribution in [0.25, 0.3) is 0 Å². The van der Waals surface area contributed by atoms with Crippen molar-refractivity contribution < 1.29 is 9.90 Å². The summed E-state index contributed by atoms with van der Waals surface area (Å²) in [6.45, 7) is 1.68. The molecule has 0 aliphatic rings. The summed E-state index contributed by atoms with van der Waals surface area (Å²) in [5.41, 5.74) is 2.23. The van der Waals surface area contributed by atoms with E-state index >= 15 is 0 Å². The van der Waals surface area contributed by atoms with Gasteiger partial charge in [-0.3, -0.25) is 4.79 Å². The SMILES string of the molecule is Cc1cc(Cl)ccc1C(=O)N[C@@H](CO)c1ccccc1. The molecule has 2 aromatic carbocycles. The summed E-state index contributed by atoms with van der Waals surface area (Å²) < 4.78 is 0. The maximum absolute atomic E-state index is 12.3. The second-order valence-electron chi connectivity index (χ2n) is 4.58. The summed E-state index contributed by atoms with van der Waals surface area (Å²) in [4.78, 5) is 12.3. The molecular weight excluding hydrogens is 274 g/mol. The van der Waals surface area contributed by atoms with Crippen LogP contribution in [0.5, 0.6) is 0 Å². The molecule has 0 spiro atoms.